The van der Waals surface area contributed by atoms with Crippen LogP contribution in [0.25, 0.3) is 0 Å². The summed E-state index contributed by atoms with van der Waals surface area (Å²) in [5.74, 6) is 1.74. The lowest BCUT2D eigenvalue weighted by Gasteiger charge is -2.36. The average Bonchev–Trinajstić information content (AvgIpc) is 3.24. The number of carbonyl (C=O) groups excluding carboxylic acids is 1. The van der Waals surface area contributed by atoms with Crippen LogP contribution in [0.1, 0.15) is 44.8 Å². The first-order chi connectivity index (χ1) is 15.0. The summed E-state index contributed by atoms with van der Waals surface area (Å²) >= 11 is 0. The molecule has 1 saturated heterocycles. The molecular weight excluding hydrogens is 392 g/mol. The van der Waals surface area contributed by atoms with Gasteiger partial charge in [0.1, 0.15) is 18.0 Å². The molecule has 2 aliphatic heterocycles. The van der Waals surface area contributed by atoms with Crippen molar-refractivity contribution in [2.75, 3.05) is 50.8 Å². The maximum absolute atomic E-state index is 13.1. The number of nitrogens with zero attached hydrogens (tertiary/aromatic N) is 5. The maximum Gasteiger partial charge on any atom is 0.248 e. The topological polar surface area (TPSA) is 75.5 Å². The fraction of sp³-hybridized carbons (Fsp3) is 0.609. The van der Waals surface area contributed by atoms with E-state index >= 15 is 0 Å². The lowest BCUT2D eigenvalue weighted by atomic mass is 9.99. The predicted molar refractivity (Wildman–Crippen MR) is 120 cm³/mol. The number of anilines is 1. The Morgan fingerprint density at radius 1 is 1.16 bits per heavy atom. The smallest absolute Gasteiger partial charge is 0.248 e. The average molecular weight is 427 g/mol. The molecule has 2 aromatic rings. The minimum absolute atomic E-state index is 0.0240. The summed E-state index contributed by atoms with van der Waals surface area (Å²) in [5, 5.41) is 11.7. The molecule has 1 aromatic heterocycles. The van der Waals surface area contributed by atoms with E-state index in [-0.39, 0.29) is 11.8 Å². The number of rotatable bonds is 7. The van der Waals surface area contributed by atoms with Crippen LogP contribution in [0.15, 0.2) is 30.3 Å². The first-order valence-electron chi connectivity index (χ1n) is 11.3. The van der Waals surface area contributed by atoms with Gasteiger partial charge < -0.3 is 15.0 Å². The molecule has 1 N–H and O–H groups in total. The second-order valence-electron chi connectivity index (χ2n) is 9.00. The van der Waals surface area contributed by atoms with Crippen LogP contribution < -0.4 is 10.2 Å². The highest BCUT2D eigenvalue weighted by atomic mass is 16.5. The molecule has 1 fully saturated rings. The molecule has 3 heterocycles. The van der Waals surface area contributed by atoms with Gasteiger partial charge in [-0.2, -0.15) is 0 Å². The van der Waals surface area contributed by atoms with E-state index in [9.17, 15) is 4.79 Å². The number of fused-ring (bicyclic) bond motifs is 1. The van der Waals surface area contributed by atoms with Gasteiger partial charge in [0.2, 0.25) is 5.91 Å². The first-order valence-corrected chi connectivity index (χ1v) is 11.3. The van der Waals surface area contributed by atoms with Crippen LogP contribution in [-0.4, -0.2) is 71.4 Å². The summed E-state index contributed by atoms with van der Waals surface area (Å²) in [4.78, 5) is 18.0. The molecule has 2 aliphatic rings. The minimum Gasteiger partial charge on any atom is -0.370 e. The van der Waals surface area contributed by atoms with Crippen LogP contribution in [0.4, 0.5) is 5.69 Å². The van der Waals surface area contributed by atoms with Gasteiger partial charge in [0, 0.05) is 44.3 Å². The number of para-hydroxylation sites is 1. The number of hydrogen-bond donors (Lipinski definition) is 1. The molecule has 0 spiro atoms. The number of carbonyl (C=O) groups is 1. The van der Waals surface area contributed by atoms with E-state index in [1.807, 2.05) is 11.5 Å². The quantitative estimate of drug-likeness (QED) is 0.683. The van der Waals surface area contributed by atoms with Gasteiger partial charge in [-0.1, -0.05) is 32.0 Å². The Hall–Kier alpha value is -2.45. The first kappa shape index (κ1) is 21.8. The van der Waals surface area contributed by atoms with Crippen molar-refractivity contribution < 1.29 is 9.53 Å². The number of benzene rings is 1. The Labute approximate surface area is 184 Å². The van der Waals surface area contributed by atoms with E-state index in [2.05, 4.69) is 69.5 Å². The lowest BCUT2D eigenvalue weighted by molar-refractivity contribution is -0.135. The normalized spacial score (nSPS) is 21.9. The number of aromatic nitrogens is 3. The Morgan fingerprint density at radius 2 is 1.90 bits per heavy atom. The van der Waals surface area contributed by atoms with Gasteiger partial charge in [0.25, 0.3) is 0 Å². The van der Waals surface area contributed by atoms with E-state index < -0.39 is 5.54 Å². The van der Waals surface area contributed by atoms with Gasteiger partial charge in [-0.3, -0.25) is 14.3 Å². The van der Waals surface area contributed by atoms with E-state index in [4.69, 9.17) is 4.74 Å². The van der Waals surface area contributed by atoms with Gasteiger partial charge in [0.15, 0.2) is 5.82 Å². The summed E-state index contributed by atoms with van der Waals surface area (Å²) in [6.07, 6.45) is 0.931. The van der Waals surface area contributed by atoms with Crippen LogP contribution >= 0.6 is 0 Å². The number of ether oxygens (including phenoxy) is 1. The van der Waals surface area contributed by atoms with Gasteiger partial charge in [-0.25, -0.2) is 0 Å². The highest BCUT2D eigenvalue weighted by Crippen LogP contribution is 2.29. The van der Waals surface area contributed by atoms with Crippen LogP contribution in [0.3, 0.4) is 0 Å². The lowest BCUT2D eigenvalue weighted by Crippen LogP contribution is -2.53. The third-order valence-electron chi connectivity index (χ3n) is 6.30. The third kappa shape index (κ3) is 4.60. The fourth-order valence-electron chi connectivity index (χ4n) is 4.47. The molecule has 0 aliphatic carbocycles. The van der Waals surface area contributed by atoms with Gasteiger partial charge in [-0.05, 0) is 32.0 Å². The van der Waals surface area contributed by atoms with Crippen LogP contribution in [0.5, 0.6) is 0 Å². The molecule has 0 bridgehead atoms. The van der Waals surface area contributed by atoms with Crippen molar-refractivity contribution in [2.24, 2.45) is 0 Å². The molecule has 31 heavy (non-hydrogen) atoms. The Balaban J connectivity index is 1.25. The maximum atomic E-state index is 13.1. The zero-order valence-corrected chi connectivity index (χ0v) is 18.9. The predicted octanol–water partition coefficient (Wildman–Crippen LogP) is 1.98. The molecular formula is C23H34N6O2. The summed E-state index contributed by atoms with van der Waals surface area (Å²) in [6.45, 7) is 12.6. The van der Waals surface area contributed by atoms with Crippen LogP contribution in [0.2, 0.25) is 0 Å². The molecule has 8 nitrogen and oxygen atoms in total. The van der Waals surface area contributed by atoms with Crippen molar-refractivity contribution in [1.82, 2.24) is 25.0 Å². The van der Waals surface area contributed by atoms with E-state index in [1.165, 1.54) is 5.69 Å². The van der Waals surface area contributed by atoms with Gasteiger partial charge in [0.05, 0.1) is 6.61 Å². The SMILES string of the molecule is CC(C)c1nnc2n1C(C)(C(=O)NCCCN1CCN(c3ccccc3)CC1)COC2. The van der Waals surface area contributed by atoms with Crippen molar-refractivity contribution in [3.8, 4) is 0 Å². The van der Waals surface area contributed by atoms with Gasteiger partial charge >= 0.3 is 0 Å². The molecule has 1 amide bonds. The van der Waals surface area contributed by atoms with Crippen molar-refractivity contribution >= 4 is 11.6 Å². The molecule has 1 aromatic carbocycles. The van der Waals surface area contributed by atoms with Crippen molar-refractivity contribution in [3.63, 3.8) is 0 Å². The van der Waals surface area contributed by atoms with Crippen LogP contribution in [0, 0.1) is 0 Å². The summed E-state index contributed by atoms with van der Waals surface area (Å²) in [6, 6.07) is 10.6. The fourth-order valence-corrected chi connectivity index (χ4v) is 4.47. The number of hydrogen-bond acceptors (Lipinski definition) is 6. The van der Waals surface area contributed by atoms with E-state index in [0.29, 0.717) is 19.8 Å². The molecule has 4 rings (SSSR count). The standard InChI is InChI=1S/C23H34N6O2/c1-18(2)21-26-25-20-16-31-17-23(3,29(20)21)22(30)24-10-7-11-27-12-14-28(15-13-27)19-8-5-4-6-9-19/h4-6,8-9,18H,7,10-17H2,1-3H3,(H,24,30). The molecule has 1 unspecified atom stereocenters. The summed E-state index contributed by atoms with van der Waals surface area (Å²) < 4.78 is 7.66. The Bertz CT molecular complexity index is 875. The molecule has 0 radical (unpaired) electrons. The van der Waals surface area contributed by atoms with Crippen molar-refractivity contribution in [2.45, 2.75) is 45.3 Å². The molecule has 8 heteroatoms. The number of amides is 1. The molecule has 1 atom stereocenters. The second-order valence-corrected chi connectivity index (χ2v) is 9.00. The Morgan fingerprint density at radius 3 is 2.61 bits per heavy atom. The number of piperazine rings is 1. The third-order valence-corrected chi connectivity index (χ3v) is 6.30. The van der Waals surface area contributed by atoms with Crippen molar-refractivity contribution in [1.29, 1.82) is 0 Å². The largest absolute Gasteiger partial charge is 0.370 e. The molecule has 0 saturated carbocycles. The summed E-state index contributed by atoms with van der Waals surface area (Å²) in [7, 11) is 0. The minimum atomic E-state index is -0.808. The summed E-state index contributed by atoms with van der Waals surface area (Å²) in [5.41, 5.74) is 0.490. The van der Waals surface area contributed by atoms with E-state index in [1.54, 1.807) is 0 Å². The van der Waals surface area contributed by atoms with E-state index in [0.717, 1.165) is 50.8 Å². The molecule has 168 valence electrons. The monoisotopic (exact) mass is 426 g/mol. The zero-order valence-electron chi connectivity index (χ0n) is 18.9. The van der Waals surface area contributed by atoms with Gasteiger partial charge in [-0.15, -0.1) is 10.2 Å². The second kappa shape index (κ2) is 9.36. The highest BCUT2D eigenvalue weighted by Gasteiger charge is 2.42. The van der Waals surface area contributed by atoms with Crippen LogP contribution in [-0.2, 0) is 21.7 Å². The van der Waals surface area contributed by atoms with Crippen molar-refractivity contribution in [3.05, 3.63) is 42.0 Å². The highest BCUT2D eigenvalue weighted by molar-refractivity contribution is 5.84. The number of nitrogens with one attached hydrogen (secondary N) is 1. The zero-order chi connectivity index (χ0) is 21.8. The Kier molecular flexibility index (Phi) is 6.57.